The molecule has 1 atom stereocenters. The van der Waals surface area contributed by atoms with Crippen LogP contribution < -0.4 is 10.2 Å². The normalized spacial score (nSPS) is 23.1. The Morgan fingerprint density at radius 3 is 3.00 bits per heavy atom. The number of rotatable bonds is 2. The smallest absolute Gasteiger partial charge is 0.231 e. The molecule has 0 radical (unpaired) electrons. The van der Waals surface area contributed by atoms with Crippen molar-refractivity contribution < 1.29 is 9.59 Å². The zero-order chi connectivity index (χ0) is 15.8. The lowest BCUT2D eigenvalue weighted by molar-refractivity contribution is -0.125. The molecule has 1 saturated heterocycles. The lowest BCUT2D eigenvalue weighted by Crippen LogP contribution is -2.35. The molecule has 1 N–H and O–H groups in total. The minimum Gasteiger partial charge on any atom is -0.312 e. The van der Waals surface area contributed by atoms with Crippen LogP contribution in [-0.2, 0) is 22.4 Å². The number of nitrogens with one attached hydrogen (secondary N) is 1. The van der Waals surface area contributed by atoms with Crippen LogP contribution in [0.4, 0.5) is 5.69 Å². The van der Waals surface area contributed by atoms with E-state index in [1.807, 2.05) is 6.07 Å². The van der Waals surface area contributed by atoms with Gasteiger partial charge in [0.25, 0.3) is 0 Å². The molecule has 0 unspecified atom stereocenters. The first-order valence-corrected chi connectivity index (χ1v) is 9.09. The highest BCUT2D eigenvalue weighted by Crippen LogP contribution is 2.30. The molecule has 0 spiro atoms. The van der Waals surface area contributed by atoms with E-state index >= 15 is 0 Å². The van der Waals surface area contributed by atoms with Crippen molar-refractivity contribution in [2.24, 2.45) is 10.9 Å². The van der Waals surface area contributed by atoms with Crippen molar-refractivity contribution in [2.45, 2.75) is 25.7 Å². The molecule has 0 aromatic heterocycles. The maximum atomic E-state index is 12.3. The lowest BCUT2D eigenvalue weighted by atomic mass is 10.1. The summed E-state index contributed by atoms with van der Waals surface area (Å²) in [5.41, 5.74) is 3.67. The Morgan fingerprint density at radius 2 is 2.17 bits per heavy atom. The van der Waals surface area contributed by atoms with E-state index in [1.165, 1.54) is 17.5 Å². The number of hydrogen-bond donors (Lipinski definition) is 1. The van der Waals surface area contributed by atoms with Gasteiger partial charge in [0.05, 0.1) is 12.5 Å². The first-order chi connectivity index (χ1) is 11.2. The summed E-state index contributed by atoms with van der Waals surface area (Å²) in [6.07, 6.45) is 3.69. The number of amidine groups is 1. The van der Waals surface area contributed by atoms with Gasteiger partial charge in [-0.2, -0.15) is 0 Å². The standard InChI is InChI=1S/C17H19N3O2S/c21-15-9-13(16(22)19-17-18-6-7-23-17)10-20(15)14-5-4-11-2-1-3-12(11)8-14/h4-5,8,13H,1-3,6-7,9-10H2,(H,18,19,22)/t13-/m1/s1. The number of carbonyl (C=O) groups excluding carboxylic acids is 2. The molecule has 5 nitrogen and oxygen atoms in total. The average Bonchev–Trinajstić information content (AvgIpc) is 3.26. The topological polar surface area (TPSA) is 61.8 Å². The van der Waals surface area contributed by atoms with Crippen LogP contribution >= 0.6 is 11.8 Å². The summed E-state index contributed by atoms with van der Waals surface area (Å²) in [6.45, 7) is 1.21. The van der Waals surface area contributed by atoms with Crippen LogP contribution in [0.25, 0.3) is 0 Å². The molecular weight excluding hydrogens is 310 g/mol. The summed E-state index contributed by atoms with van der Waals surface area (Å²) in [6, 6.07) is 6.26. The van der Waals surface area contributed by atoms with Gasteiger partial charge in [-0.3, -0.25) is 14.6 Å². The molecule has 120 valence electrons. The number of thioether (sulfide) groups is 1. The number of benzene rings is 1. The molecule has 1 fully saturated rings. The Balaban J connectivity index is 1.46. The molecule has 2 amide bonds. The second-order valence-electron chi connectivity index (χ2n) is 6.24. The van der Waals surface area contributed by atoms with Crippen LogP contribution in [0.5, 0.6) is 0 Å². The monoisotopic (exact) mass is 329 g/mol. The van der Waals surface area contributed by atoms with Crippen LogP contribution in [-0.4, -0.2) is 35.8 Å². The van der Waals surface area contributed by atoms with E-state index in [9.17, 15) is 9.59 Å². The van der Waals surface area contributed by atoms with Crippen molar-refractivity contribution in [3.63, 3.8) is 0 Å². The second kappa shape index (κ2) is 6.00. The molecule has 3 aliphatic rings. The molecule has 1 aromatic carbocycles. The fourth-order valence-electron chi connectivity index (χ4n) is 3.48. The van der Waals surface area contributed by atoms with Gasteiger partial charge in [0.2, 0.25) is 11.8 Å². The number of carbonyl (C=O) groups is 2. The summed E-state index contributed by atoms with van der Waals surface area (Å²) in [5.74, 6) is 0.569. The molecule has 0 bridgehead atoms. The van der Waals surface area contributed by atoms with Gasteiger partial charge in [0.1, 0.15) is 0 Å². The van der Waals surface area contributed by atoms with E-state index in [-0.39, 0.29) is 24.2 Å². The number of amides is 2. The van der Waals surface area contributed by atoms with Gasteiger partial charge in [-0.05, 0) is 42.5 Å². The molecule has 4 rings (SSSR count). The number of fused-ring (bicyclic) bond motifs is 1. The van der Waals surface area contributed by atoms with Gasteiger partial charge >= 0.3 is 0 Å². The van der Waals surface area contributed by atoms with Gasteiger partial charge in [0, 0.05) is 24.4 Å². The Labute approximate surface area is 139 Å². The predicted molar refractivity (Wildman–Crippen MR) is 91.8 cm³/mol. The number of hydrogen-bond acceptors (Lipinski definition) is 4. The van der Waals surface area contributed by atoms with Crippen molar-refractivity contribution >= 4 is 34.4 Å². The van der Waals surface area contributed by atoms with Crippen LogP contribution in [0, 0.1) is 5.92 Å². The number of nitrogens with zero attached hydrogens (tertiary/aromatic N) is 2. The first kappa shape index (κ1) is 14.8. The van der Waals surface area contributed by atoms with Crippen molar-refractivity contribution in [2.75, 3.05) is 23.7 Å². The van der Waals surface area contributed by atoms with E-state index in [2.05, 4.69) is 22.4 Å². The SMILES string of the molecule is O=C(NC1=NCCS1)[C@@H]1CC(=O)N(c2ccc3c(c2)CCC3)C1. The van der Waals surface area contributed by atoms with Gasteiger partial charge in [-0.25, -0.2) is 0 Å². The minimum atomic E-state index is -0.292. The van der Waals surface area contributed by atoms with Gasteiger partial charge < -0.3 is 10.2 Å². The largest absolute Gasteiger partial charge is 0.312 e. The van der Waals surface area contributed by atoms with E-state index in [0.29, 0.717) is 11.7 Å². The third-order valence-corrected chi connectivity index (χ3v) is 5.60. The summed E-state index contributed by atoms with van der Waals surface area (Å²) >= 11 is 1.56. The molecule has 1 aliphatic carbocycles. The van der Waals surface area contributed by atoms with Crippen molar-refractivity contribution in [1.82, 2.24) is 5.32 Å². The summed E-state index contributed by atoms with van der Waals surface area (Å²) in [4.78, 5) is 30.7. The Kier molecular flexibility index (Phi) is 3.85. The van der Waals surface area contributed by atoms with Gasteiger partial charge in [0.15, 0.2) is 5.17 Å². The number of aliphatic imine (C=N–C) groups is 1. The Hall–Kier alpha value is -1.82. The van der Waals surface area contributed by atoms with Gasteiger partial charge in [-0.1, -0.05) is 17.8 Å². The highest BCUT2D eigenvalue weighted by atomic mass is 32.2. The minimum absolute atomic E-state index is 0.0316. The quantitative estimate of drug-likeness (QED) is 0.899. The van der Waals surface area contributed by atoms with Crippen molar-refractivity contribution in [3.8, 4) is 0 Å². The number of aryl methyl sites for hydroxylation is 2. The van der Waals surface area contributed by atoms with Crippen molar-refractivity contribution in [3.05, 3.63) is 29.3 Å². The van der Waals surface area contributed by atoms with Crippen LogP contribution in [0.15, 0.2) is 23.2 Å². The zero-order valence-electron chi connectivity index (χ0n) is 12.9. The number of anilines is 1. The molecule has 2 heterocycles. The molecule has 6 heteroatoms. The van der Waals surface area contributed by atoms with E-state index < -0.39 is 0 Å². The van der Waals surface area contributed by atoms with E-state index in [0.717, 1.165) is 30.8 Å². The summed E-state index contributed by atoms with van der Waals surface area (Å²) in [7, 11) is 0. The highest BCUT2D eigenvalue weighted by Gasteiger charge is 2.36. The van der Waals surface area contributed by atoms with Crippen LogP contribution in [0.1, 0.15) is 24.0 Å². The molecular formula is C17H19N3O2S. The van der Waals surface area contributed by atoms with E-state index in [1.54, 1.807) is 16.7 Å². The third-order valence-electron chi connectivity index (χ3n) is 4.71. The lowest BCUT2D eigenvalue weighted by Gasteiger charge is -2.18. The molecule has 0 saturated carbocycles. The fraction of sp³-hybridized carbons (Fsp3) is 0.471. The molecule has 2 aliphatic heterocycles. The van der Waals surface area contributed by atoms with E-state index in [4.69, 9.17) is 0 Å². The van der Waals surface area contributed by atoms with Crippen LogP contribution in [0.2, 0.25) is 0 Å². The Bertz CT molecular complexity index is 701. The predicted octanol–water partition coefficient (Wildman–Crippen LogP) is 1.75. The first-order valence-electron chi connectivity index (χ1n) is 8.11. The maximum Gasteiger partial charge on any atom is 0.231 e. The van der Waals surface area contributed by atoms with Crippen LogP contribution in [0.3, 0.4) is 0 Å². The average molecular weight is 329 g/mol. The zero-order valence-corrected chi connectivity index (χ0v) is 13.7. The Morgan fingerprint density at radius 1 is 1.30 bits per heavy atom. The fourth-order valence-corrected chi connectivity index (χ4v) is 4.21. The maximum absolute atomic E-state index is 12.3. The molecule has 23 heavy (non-hydrogen) atoms. The summed E-state index contributed by atoms with van der Waals surface area (Å²) < 4.78 is 0. The highest BCUT2D eigenvalue weighted by molar-refractivity contribution is 8.14. The third kappa shape index (κ3) is 2.87. The second-order valence-corrected chi connectivity index (χ2v) is 7.32. The van der Waals surface area contributed by atoms with Gasteiger partial charge in [-0.15, -0.1) is 0 Å². The van der Waals surface area contributed by atoms with Crippen molar-refractivity contribution in [1.29, 1.82) is 0 Å². The summed E-state index contributed by atoms with van der Waals surface area (Å²) in [5, 5.41) is 3.54. The molecule has 1 aromatic rings.